The van der Waals surface area contributed by atoms with Crippen molar-refractivity contribution in [2.45, 2.75) is 4.34 Å². The van der Waals surface area contributed by atoms with E-state index in [1.165, 1.54) is 23.3 Å². The third-order valence-corrected chi connectivity index (χ3v) is 2.63. The first-order valence-electron chi connectivity index (χ1n) is 2.62. The first-order chi connectivity index (χ1) is 4.83. The van der Waals surface area contributed by atoms with Gasteiger partial charge in [-0.3, -0.25) is 4.37 Å². The molecule has 0 aliphatic carbocycles. The Morgan fingerprint density at radius 1 is 1.90 bits per heavy atom. The van der Waals surface area contributed by atoms with E-state index in [4.69, 9.17) is 0 Å². The van der Waals surface area contributed by atoms with Crippen molar-refractivity contribution in [3.8, 4) is 0 Å². The average molecular weight is 174 g/mol. The fraction of sp³-hybridized carbons (Fsp3) is 0.200. The Labute approximate surface area is 66.3 Å². The highest BCUT2D eigenvalue weighted by atomic mass is 32.2. The van der Waals surface area contributed by atoms with Gasteiger partial charge in [-0.25, -0.2) is 4.79 Å². The topological polar surface area (TPSA) is 45.8 Å². The number of H-pyrrole nitrogens is 1. The van der Waals surface area contributed by atoms with E-state index in [1.54, 1.807) is 6.08 Å². The third kappa shape index (κ3) is 2.00. The van der Waals surface area contributed by atoms with Crippen LogP contribution in [0.1, 0.15) is 0 Å². The number of hydrogen-bond donors (Lipinski definition) is 1. The van der Waals surface area contributed by atoms with Gasteiger partial charge in [0.2, 0.25) is 0 Å². The van der Waals surface area contributed by atoms with Crippen LogP contribution >= 0.6 is 23.3 Å². The Balaban J connectivity index is 2.58. The van der Waals surface area contributed by atoms with Gasteiger partial charge < -0.3 is 0 Å². The molecule has 0 radical (unpaired) electrons. The van der Waals surface area contributed by atoms with Crippen LogP contribution in [0, 0.1) is 0 Å². The summed E-state index contributed by atoms with van der Waals surface area (Å²) >= 11 is 2.76. The Hall–Kier alpha value is -0.550. The highest BCUT2D eigenvalue weighted by Crippen LogP contribution is 2.15. The van der Waals surface area contributed by atoms with Crippen LogP contribution in [-0.4, -0.2) is 15.1 Å². The Morgan fingerprint density at radius 3 is 3.20 bits per heavy atom. The maximum atomic E-state index is 10.5. The number of nitrogens with zero attached hydrogens (tertiary/aromatic N) is 1. The lowest BCUT2D eigenvalue weighted by atomic mass is 10.8. The fourth-order valence-corrected chi connectivity index (χ4v) is 1.73. The van der Waals surface area contributed by atoms with Gasteiger partial charge >= 0.3 is 5.69 Å². The normalized spacial score (nSPS) is 9.60. The molecule has 10 heavy (non-hydrogen) atoms. The summed E-state index contributed by atoms with van der Waals surface area (Å²) in [6.45, 7) is 3.55. The number of aromatic amines is 1. The van der Waals surface area contributed by atoms with Gasteiger partial charge in [0.1, 0.15) is 0 Å². The zero-order chi connectivity index (χ0) is 7.40. The lowest BCUT2D eigenvalue weighted by Gasteiger charge is -1.84. The van der Waals surface area contributed by atoms with E-state index in [0.717, 1.165) is 10.1 Å². The van der Waals surface area contributed by atoms with Gasteiger partial charge in [0.25, 0.3) is 0 Å². The SMILES string of the molecule is C=CCSc1nc(=O)[nH]s1. The molecule has 1 aromatic heterocycles. The zero-order valence-electron chi connectivity index (χ0n) is 5.16. The van der Waals surface area contributed by atoms with Crippen molar-refractivity contribution >= 4 is 23.3 Å². The van der Waals surface area contributed by atoms with Crippen molar-refractivity contribution in [3.63, 3.8) is 0 Å². The second-order valence-electron chi connectivity index (χ2n) is 1.49. The number of rotatable bonds is 3. The molecule has 0 bridgehead atoms. The summed E-state index contributed by atoms with van der Waals surface area (Å²) in [5.41, 5.74) is -0.267. The second-order valence-corrected chi connectivity index (χ2v) is 3.55. The minimum atomic E-state index is -0.267. The molecule has 3 nitrogen and oxygen atoms in total. The highest BCUT2D eigenvalue weighted by Gasteiger charge is 1.96. The molecule has 0 saturated heterocycles. The molecule has 0 aromatic carbocycles. The Kier molecular flexibility index (Phi) is 2.70. The van der Waals surface area contributed by atoms with Crippen LogP contribution in [0.2, 0.25) is 0 Å². The largest absolute Gasteiger partial charge is 0.356 e. The van der Waals surface area contributed by atoms with Gasteiger partial charge in [0, 0.05) is 5.75 Å². The van der Waals surface area contributed by atoms with E-state index < -0.39 is 0 Å². The summed E-state index contributed by atoms with van der Waals surface area (Å²) in [5, 5.41) is 0. The van der Waals surface area contributed by atoms with E-state index in [-0.39, 0.29) is 5.69 Å². The lowest BCUT2D eigenvalue weighted by Crippen LogP contribution is -1.99. The maximum Gasteiger partial charge on any atom is 0.356 e. The second kappa shape index (κ2) is 3.58. The van der Waals surface area contributed by atoms with Gasteiger partial charge in [0.15, 0.2) is 4.34 Å². The lowest BCUT2D eigenvalue weighted by molar-refractivity contribution is 1.13. The van der Waals surface area contributed by atoms with Gasteiger partial charge in [-0.2, -0.15) is 4.98 Å². The minimum absolute atomic E-state index is 0.267. The van der Waals surface area contributed by atoms with Gasteiger partial charge in [0.05, 0.1) is 0 Å². The van der Waals surface area contributed by atoms with Gasteiger partial charge in [-0.05, 0) is 11.5 Å². The van der Waals surface area contributed by atoms with E-state index in [9.17, 15) is 4.79 Å². The summed E-state index contributed by atoms with van der Waals surface area (Å²) in [6, 6.07) is 0. The molecule has 1 heterocycles. The molecule has 0 fully saturated rings. The smallest absolute Gasteiger partial charge is 0.259 e. The van der Waals surface area contributed by atoms with Crippen molar-refractivity contribution in [2.24, 2.45) is 0 Å². The molecular formula is C5H6N2OS2. The highest BCUT2D eigenvalue weighted by molar-refractivity contribution is 8.01. The van der Waals surface area contributed by atoms with Crippen LogP contribution < -0.4 is 5.69 Å². The number of thioether (sulfide) groups is 1. The Morgan fingerprint density at radius 2 is 2.70 bits per heavy atom. The quantitative estimate of drug-likeness (QED) is 0.551. The van der Waals surface area contributed by atoms with Gasteiger partial charge in [-0.15, -0.1) is 6.58 Å². The standard InChI is InChI=1S/C5H6N2OS2/c1-2-3-9-5-6-4(8)7-10-5/h2H,1,3H2,(H,7,8). The summed E-state index contributed by atoms with van der Waals surface area (Å²) in [5.74, 6) is 0.792. The molecule has 1 N–H and O–H groups in total. The first kappa shape index (κ1) is 7.56. The molecule has 1 rings (SSSR count). The first-order valence-corrected chi connectivity index (χ1v) is 4.42. The van der Waals surface area contributed by atoms with Gasteiger partial charge in [-0.1, -0.05) is 17.8 Å². The molecule has 54 valence electrons. The number of nitrogens with one attached hydrogen (secondary N) is 1. The monoisotopic (exact) mass is 174 g/mol. The molecule has 0 aliphatic heterocycles. The minimum Gasteiger partial charge on any atom is -0.259 e. The van der Waals surface area contributed by atoms with Crippen LogP contribution in [-0.2, 0) is 0 Å². The summed E-state index contributed by atoms with van der Waals surface area (Å²) in [4.78, 5) is 14.1. The molecule has 0 spiro atoms. The predicted octanol–water partition coefficient (Wildman–Crippen LogP) is 1.11. The zero-order valence-corrected chi connectivity index (χ0v) is 6.80. The van der Waals surface area contributed by atoms with E-state index in [1.807, 2.05) is 0 Å². The van der Waals surface area contributed by atoms with E-state index in [2.05, 4.69) is 15.9 Å². The summed E-state index contributed by atoms with van der Waals surface area (Å²) < 4.78 is 3.27. The molecule has 0 saturated carbocycles. The van der Waals surface area contributed by atoms with Crippen molar-refractivity contribution in [1.29, 1.82) is 0 Å². The molecule has 0 unspecified atom stereocenters. The predicted molar refractivity (Wildman–Crippen MR) is 43.7 cm³/mol. The average Bonchev–Trinajstić information content (AvgIpc) is 2.31. The molecule has 0 aliphatic rings. The Bertz CT molecular complexity index is 265. The van der Waals surface area contributed by atoms with Crippen molar-refractivity contribution in [2.75, 3.05) is 5.75 Å². The summed E-state index contributed by atoms with van der Waals surface area (Å²) in [7, 11) is 0. The van der Waals surface area contributed by atoms with Crippen molar-refractivity contribution in [3.05, 3.63) is 23.1 Å². The van der Waals surface area contributed by atoms with Crippen molar-refractivity contribution < 1.29 is 0 Å². The van der Waals surface area contributed by atoms with Crippen molar-refractivity contribution in [1.82, 2.24) is 9.36 Å². The molecule has 5 heteroatoms. The number of hydrogen-bond acceptors (Lipinski definition) is 4. The third-order valence-electron chi connectivity index (χ3n) is 0.743. The number of aromatic nitrogens is 2. The summed E-state index contributed by atoms with van der Waals surface area (Å²) in [6.07, 6.45) is 1.77. The molecule has 0 amide bonds. The molecular weight excluding hydrogens is 168 g/mol. The fourth-order valence-electron chi connectivity index (χ4n) is 0.408. The van der Waals surface area contributed by atoms with Crippen LogP contribution in [0.3, 0.4) is 0 Å². The van der Waals surface area contributed by atoms with Crippen LogP contribution in [0.5, 0.6) is 0 Å². The maximum absolute atomic E-state index is 10.5. The van der Waals surface area contributed by atoms with Crippen LogP contribution in [0.4, 0.5) is 0 Å². The van der Waals surface area contributed by atoms with Crippen LogP contribution in [0.25, 0.3) is 0 Å². The molecule has 1 aromatic rings. The van der Waals surface area contributed by atoms with E-state index >= 15 is 0 Å². The van der Waals surface area contributed by atoms with E-state index in [0.29, 0.717) is 0 Å². The van der Waals surface area contributed by atoms with Crippen LogP contribution in [0.15, 0.2) is 21.8 Å². The molecule has 0 atom stereocenters.